The zero-order valence-electron chi connectivity index (χ0n) is 13.2. The lowest BCUT2D eigenvalue weighted by atomic mass is 10.2. The maximum absolute atomic E-state index is 11.5. The highest BCUT2D eigenvalue weighted by molar-refractivity contribution is 7.89. The van der Waals surface area contributed by atoms with Crippen molar-refractivity contribution in [2.75, 3.05) is 0 Å². The van der Waals surface area contributed by atoms with E-state index in [0.29, 0.717) is 21.6 Å². The Bertz CT molecular complexity index is 1200. The second-order valence-corrected chi connectivity index (χ2v) is 7.49. The lowest BCUT2D eigenvalue weighted by molar-refractivity contribution is 0.598. The number of nitrogens with one attached hydrogen (secondary N) is 1. The molecule has 10 nitrogen and oxygen atoms in total. The monoisotopic (exact) mass is 386 g/mol. The molecule has 2 heterocycles. The molecule has 0 saturated carbocycles. The first kappa shape index (κ1) is 17.6. The number of rotatable bonds is 4. The summed E-state index contributed by atoms with van der Waals surface area (Å²) in [5.41, 5.74) is 1.10. The van der Waals surface area contributed by atoms with Crippen LogP contribution in [0.1, 0.15) is 17.4 Å². The molecule has 3 rings (SSSR count). The van der Waals surface area contributed by atoms with Crippen LogP contribution in [0.3, 0.4) is 0 Å². The van der Waals surface area contributed by atoms with Crippen molar-refractivity contribution in [3.05, 3.63) is 29.7 Å². The summed E-state index contributed by atoms with van der Waals surface area (Å²) in [6.45, 7) is 1.68. The molecule has 0 saturated heterocycles. The van der Waals surface area contributed by atoms with Gasteiger partial charge in [-0.2, -0.15) is 14.9 Å². The first-order valence-corrected chi connectivity index (χ1v) is 9.35. The zero-order chi connectivity index (χ0) is 18.9. The molecule has 0 amide bonds. The number of hydrogen-bond donors (Lipinski definition) is 2. The Balaban J connectivity index is 1.99. The highest BCUT2D eigenvalue weighted by Gasteiger charge is 2.16. The van der Waals surface area contributed by atoms with Gasteiger partial charge < -0.3 is 4.98 Å². The van der Waals surface area contributed by atoms with Gasteiger partial charge in [0.25, 0.3) is 0 Å². The van der Waals surface area contributed by atoms with Gasteiger partial charge in [-0.3, -0.25) is 0 Å². The number of primary sulfonamides is 1. The molecule has 0 unspecified atom stereocenters. The Labute approximate surface area is 151 Å². The number of aryl methyl sites for hydroxylation is 1. The molecule has 0 radical (unpaired) electrons. The Kier molecular flexibility index (Phi) is 4.48. The normalized spacial score (nSPS) is 11.9. The number of aromatic nitrogens is 3. The number of nitriles is 2. The van der Waals surface area contributed by atoms with E-state index in [9.17, 15) is 8.42 Å². The largest absolute Gasteiger partial charge is 0.342 e. The van der Waals surface area contributed by atoms with E-state index in [2.05, 4.69) is 24.6 Å². The van der Waals surface area contributed by atoms with Gasteiger partial charge in [0.15, 0.2) is 16.7 Å². The van der Waals surface area contributed by atoms with Crippen LogP contribution in [0.4, 0.5) is 10.8 Å². The standard InChI is InChI=1S/C14H10N8O2S2/c1-7-12(19-13(18-7)8(5-15)6-16)20-21-14-10-4-9(26(17,23)24)2-3-11(10)22-25-14/h2-4,8H,1H3,(H,18,19)(H2,17,23,24). The summed E-state index contributed by atoms with van der Waals surface area (Å²) >= 11 is 1.04. The van der Waals surface area contributed by atoms with Gasteiger partial charge in [-0.15, -0.1) is 10.2 Å². The molecule has 1 aromatic carbocycles. The van der Waals surface area contributed by atoms with Gasteiger partial charge >= 0.3 is 0 Å². The van der Waals surface area contributed by atoms with Crippen LogP contribution in [0, 0.1) is 29.6 Å². The first-order valence-electron chi connectivity index (χ1n) is 7.03. The Morgan fingerprint density at radius 3 is 2.69 bits per heavy atom. The molecule has 3 aromatic rings. The number of nitrogens with zero attached hydrogens (tertiary/aromatic N) is 6. The average molecular weight is 386 g/mol. The lowest BCUT2D eigenvalue weighted by Crippen LogP contribution is -2.11. The number of H-pyrrole nitrogens is 1. The predicted molar refractivity (Wildman–Crippen MR) is 92.5 cm³/mol. The van der Waals surface area contributed by atoms with Crippen molar-refractivity contribution < 1.29 is 8.42 Å². The smallest absolute Gasteiger partial charge is 0.238 e. The van der Waals surface area contributed by atoms with Gasteiger partial charge in [0.2, 0.25) is 10.0 Å². The van der Waals surface area contributed by atoms with Gasteiger partial charge in [0.1, 0.15) is 5.82 Å². The molecule has 26 heavy (non-hydrogen) atoms. The summed E-state index contributed by atoms with van der Waals surface area (Å²) in [5.74, 6) is -0.619. The van der Waals surface area contributed by atoms with Crippen LogP contribution in [0.5, 0.6) is 0 Å². The van der Waals surface area contributed by atoms with Crippen molar-refractivity contribution in [1.29, 1.82) is 10.5 Å². The number of azo groups is 1. The molecule has 12 heteroatoms. The molecule has 0 bridgehead atoms. The van der Waals surface area contributed by atoms with E-state index in [1.807, 2.05) is 12.1 Å². The highest BCUT2D eigenvalue weighted by Crippen LogP contribution is 2.33. The van der Waals surface area contributed by atoms with Crippen molar-refractivity contribution in [2.24, 2.45) is 15.4 Å². The highest BCUT2D eigenvalue weighted by atomic mass is 32.2. The number of benzene rings is 1. The summed E-state index contributed by atoms with van der Waals surface area (Å²) < 4.78 is 27.2. The van der Waals surface area contributed by atoms with Gasteiger partial charge in [0, 0.05) is 5.39 Å². The number of sulfonamides is 1. The fourth-order valence-electron chi connectivity index (χ4n) is 2.11. The summed E-state index contributed by atoms with van der Waals surface area (Å²) in [5, 5.41) is 31.9. The summed E-state index contributed by atoms with van der Waals surface area (Å²) in [6, 6.07) is 7.92. The minimum absolute atomic E-state index is 0.0502. The molecule has 0 atom stereocenters. The van der Waals surface area contributed by atoms with Crippen molar-refractivity contribution in [1.82, 2.24) is 14.3 Å². The molecule has 0 spiro atoms. The Hall–Kier alpha value is -3.19. The molecule has 3 N–H and O–H groups in total. The van der Waals surface area contributed by atoms with Crippen LogP contribution in [0.2, 0.25) is 0 Å². The summed E-state index contributed by atoms with van der Waals surface area (Å²) in [6.07, 6.45) is 0. The fraction of sp³-hybridized carbons (Fsp3) is 0.143. The van der Waals surface area contributed by atoms with Crippen LogP contribution in [0.15, 0.2) is 33.3 Å². The van der Waals surface area contributed by atoms with Gasteiger partial charge in [-0.05, 0) is 36.7 Å². The average Bonchev–Trinajstić information content (AvgIpc) is 3.16. The van der Waals surface area contributed by atoms with Crippen molar-refractivity contribution >= 4 is 43.3 Å². The van der Waals surface area contributed by atoms with Gasteiger partial charge in [0.05, 0.1) is 28.2 Å². The van der Waals surface area contributed by atoms with E-state index in [1.165, 1.54) is 18.2 Å². The van der Waals surface area contributed by atoms with E-state index >= 15 is 0 Å². The second kappa shape index (κ2) is 6.61. The van der Waals surface area contributed by atoms with E-state index in [-0.39, 0.29) is 16.5 Å². The van der Waals surface area contributed by atoms with Gasteiger partial charge in [-0.1, -0.05) is 0 Å². The third-order valence-corrected chi connectivity index (χ3v) is 5.08. The molecule has 0 aliphatic carbocycles. The maximum atomic E-state index is 11.5. The first-order chi connectivity index (χ1) is 12.3. The van der Waals surface area contributed by atoms with E-state index < -0.39 is 15.9 Å². The lowest BCUT2D eigenvalue weighted by Gasteiger charge is -1.97. The molecule has 0 aliphatic rings. The number of fused-ring (bicyclic) bond motifs is 1. The third-order valence-electron chi connectivity index (χ3n) is 3.40. The minimum Gasteiger partial charge on any atom is -0.342 e. The molecule has 2 aromatic heterocycles. The Morgan fingerprint density at radius 1 is 1.31 bits per heavy atom. The maximum Gasteiger partial charge on any atom is 0.238 e. The topological polar surface area (TPSA) is 174 Å². The van der Waals surface area contributed by atoms with E-state index in [4.69, 9.17) is 15.7 Å². The third kappa shape index (κ3) is 3.29. The second-order valence-electron chi connectivity index (χ2n) is 5.17. The predicted octanol–water partition coefficient (Wildman–Crippen LogP) is 2.52. The van der Waals surface area contributed by atoms with Gasteiger partial charge in [-0.25, -0.2) is 18.5 Å². The molecule has 0 aliphatic heterocycles. The molecular weight excluding hydrogens is 376 g/mol. The quantitative estimate of drug-likeness (QED) is 0.651. The van der Waals surface area contributed by atoms with Crippen LogP contribution >= 0.6 is 11.5 Å². The number of aromatic amines is 1. The minimum atomic E-state index is -3.85. The van der Waals surface area contributed by atoms with Crippen molar-refractivity contribution in [3.63, 3.8) is 0 Å². The van der Waals surface area contributed by atoms with Crippen molar-refractivity contribution in [2.45, 2.75) is 17.7 Å². The number of imidazole rings is 1. The SMILES string of the molecule is Cc1[nH]c(C(C#N)C#N)nc1N=Nc1snc2ccc(S(N)(=O)=O)cc12. The van der Waals surface area contributed by atoms with Crippen LogP contribution in [0.25, 0.3) is 10.9 Å². The summed E-state index contributed by atoms with van der Waals surface area (Å²) in [4.78, 5) is 6.87. The van der Waals surface area contributed by atoms with E-state index in [0.717, 1.165) is 11.5 Å². The molecule has 130 valence electrons. The molecular formula is C14H10N8O2S2. The summed E-state index contributed by atoms with van der Waals surface area (Å²) in [7, 11) is -3.85. The van der Waals surface area contributed by atoms with E-state index in [1.54, 1.807) is 6.92 Å². The van der Waals surface area contributed by atoms with Crippen molar-refractivity contribution in [3.8, 4) is 12.1 Å². The fourth-order valence-corrected chi connectivity index (χ4v) is 3.33. The van der Waals surface area contributed by atoms with Crippen LogP contribution in [-0.2, 0) is 10.0 Å². The van der Waals surface area contributed by atoms with Crippen LogP contribution in [-0.4, -0.2) is 22.8 Å². The molecule has 0 fully saturated rings. The number of nitrogens with two attached hydrogens (primary N) is 1. The zero-order valence-corrected chi connectivity index (χ0v) is 14.8. The number of hydrogen-bond acceptors (Lipinski definition) is 9. The van der Waals surface area contributed by atoms with Crippen LogP contribution < -0.4 is 5.14 Å². The Morgan fingerprint density at radius 2 is 2.04 bits per heavy atom.